The molecule has 0 fully saturated rings. The number of aromatic nitrogens is 1. The van der Waals surface area contributed by atoms with Crippen LogP contribution in [0.2, 0.25) is 0 Å². The van der Waals surface area contributed by atoms with Crippen LogP contribution in [0.1, 0.15) is 24.4 Å². The lowest BCUT2D eigenvalue weighted by Crippen LogP contribution is -2.32. The number of amides is 1. The molecule has 1 amide bonds. The summed E-state index contributed by atoms with van der Waals surface area (Å²) in [6.45, 7) is 5.69. The van der Waals surface area contributed by atoms with Crippen molar-refractivity contribution in [2.45, 2.75) is 33.2 Å². The van der Waals surface area contributed by atoms with Gasteiger partial charge in [0, 0.05) is 4.88 Å². The number of nitrogens with two attached hydrogens (primary N) is 1. The van der Waals surface area contributed by atoms with E-state index in [4.69, 9.17) is 5.73 Å². The van der Waals surface area contributed by atoms with Gasteiger partial charge in [-0.1, -0.05) is 6.92 Å². The number of carbonyl (C=O) groups excluding carboxylic acids is 1. The fraction of sp³-hybridized carbons (Fsp3) is 0.556. The SMILES string of the molecule is CCc1nc(NC(=O)C(C)N)sc1C. The molecule has 0 saturated carbocycles. The Morgan fingerprint density at radius 2 is 2.36 bits per heavy atom. The van der Waals surface area contributed by atoms with Crippen molar-refractivity contribution < 1.29 is 4.79 Å². The minimum absolute atomic E-state index is 0.193. The molecule has 1 atom stereocenters. The minimum Gasteiger partial charge on any atom is -0.320 e. The predicted octanol–water partition coefficient (Wildman–Crippen LogP) is 1.30. The van der Waals surface area contributed by atoms with Gasteiger partial charge >= 0.3 is 0 Å². The van der Waals surface area contributed by atoms with E-state index in [1.807, 2.05) is 13.8 Å². The molecule has 0 spiro atoms. The molecule has 0 radical (unpaired) electrons. The van der Waals surface area contributed by atoms with Crippen molar-refractivity contribution >= 4 is 22.4 Å². The normalized spacial score (nSPS) is 12.6. The van der Waals surface area contributed by atoms with Crippen LogP contribution >= 0.6 is 11.3 Å². The van der Waals surface area contributed by atoms with E-state index in [1.165, 1.54) is 11.3 Å². The van der Waals surface area contributed by atoms with Gasteiger partial charge in [-0.05, 0) is 20.3 Å². The van der Waals surface area contributed by atoms with Gasteiger partial charge in [-0.25, -0.2) is 4.98 Å². The molecule has 0 aliphatic rings. The zero-order valence-electron chi connectivity index (χ0n) is 8.63. The molecule has 0 saturated heterocycles. The maximum atomic E-state index is 11.3. The molecule has 4 nitrogen and oxygen atoms in total. The second-order valence-corrected chi connectivity index (χ2v) is 4.36. The Morgan fingerprint density at radius 1 is 1.71 bits per heavy atom. The predicted molar refractivity (Wildman–Crippen MR) is 58.5 cm³/mol. The van der Waals surface area contributed by atoms with Crippen molar-refractivity contribution in [3.63, 3.8) is 0 Å². The number of hydrogen-bond acceptors (Lipinski definition) is 4. The summed E-state index contributed by atoms with van der Waals surface area (Å²) in [7, 11) is 0. The second-order valence-electron chi connectivity index (χ2n) is 3.15. The highest BCUT2D eigenvalue weighted by molar-refractivity contribution is 7.15. The van der Waals surface area contributed by atoms with Gasteiger partial charge in [-0.3, -0.25) is 4.79 Å². The number of aryl methyl sites for hydroxylation is 2. The summed E-state index contributed by atoms with van der Waals surface area (Å²) in [6.07, 6.45) is 0.885. The standard InChI is InChI=1S/C9H15N3OS/c1-4-7-6(3)14-9(11-7)12-8(13)5(2)10/h5H,4,10H2,1-3H3,(H,11,12,13). The summed E-state index contributed by atoms with van der Waals surface area (Å²) in [5.41, 5.74) is 6.46. The number of thiazole rings is 1. The van der Waals surface area contributed by atoms with Crippen LogP contribution in [0.5, 0.6) is 0 Å². The van der Waals surface area contributed by atoms with E-state index in [0.29, 0.717) is 5.13 Å². The van der Waals surface area contributed by atoms with Gasteiger partial charge in [-0.15, -0.1) is 11.3 Å². The fourth-order valence-electron chi connectivity index (χ4n) is 1.03. The lowest BCUT2D eigenvalue weighted by Gasteiger charge is -2.03. The Morgan fingerprint density at radius 3 is 2.79 bits per heavy atom. The average Bonchev–Trinajstić information content (AvgIpc) is 2.45. The van der Waals surface area contributed by atoms with Crippen molar-refractivity contribution in [2.24, 2.45) is 5.73 Å². The van der Waals surface area contributed by atoms with E-state index in [9.17, 15) is 4.79 Å². The number of carbonyl (C=O) groups is 1. The lowest BCUT2D eigenvalue weighted by atomic mass is 10.3. The van der Waals surface area contributed by atoms with Crippen LogP contribution in [0.25, 0.3) is 0 Å². The molecule has 78 valence electrons. The molecule has 1 heterocycles. The van der Waals surface area contributed by atoms with Crippen LogP contribution in [-0.4, -0.2) is 16.9 Å². The summed E-state index contributed by atoms with van der Waals surface area (Å²) in [5, 5.41) is 3.32. The van der Waals surface area contributed by atoms with Crippen molar-refractivity contribution in [2.75, 3.05) is 5.32 Å². The number of nitrogens with zero attached hydrogens (tertiary/aromatic N) is 1. The molecular formula is C9H15N3OS. The third-order valence-corrected chi connectivity index (χ3v) is 2.80. The molecular weight excluding hydrogens is 198 g/mol. The average molecular weight is 213 g/mol. The number of rotatable bonds is 3. The monoisotopic (exact) mass is 213 g/mol. The molecule has 1 aromatic heterocycles. The first-order chi connectivity index (χ1) is 6.54. The first-order valence-electron chi connectivity index (χ1n) is 4.57. The molecule has 5 heteroatoms. The smallest absolute Gasteiger partial charge is 0.242 e. The van der Waals surface area contributed by atoms with Crippen molar-refractivity contribution in [3.8, 4) is 0 Å². The zero-order chi connectivity index (χ0) is 10.7. The highest BCUT2D eigenvalue weighted by atomic mass is 32.1. The summed E-state index contributed by atoms with van der Waals surface area (Å²) in [5.74, 6) is -0.193. The zero-order valence-corrected chi connectivity index (χ0v) is 9.44. The van der Waals surface area contributed by atoms with Crippen LogP contribution in [0.4, 0.5) is 5.13 Å². The molecule has 14 heavy (non-hydrogen) atoms. The fourth-order valence-corrected chi connectivity index (χ4v) is 1.93. The Hall–Kier alpha value is -0.940. The van der Waals surface area contributed by atoms with E-state index < -0.39 is 6.04 Å². The van der Waals surface area contributed by atoms with Crippen molar-refractivity contribution in [3.05, 3.63) is 10.6 Å². The Balaban J connectivity index is 2.73. The van der Waals surface area contributed by atoms with Crippen LogP contribution in [0.15, 0.2) is 0 Å². The van der Waals surface area contributed by atoms with Crippen molar-refractivity contribution in [1.82, 2.24) is 4.98 Å². The summed E-state index contributed by atoms with van der Waals surface area (Å²) < 4.78 is 0. The van der Waals surface area contributed by atoms with Crippen LogP contribution < -0.4 is 11.1 Å². The third-order valence-electron chi connectivity index (χ3n) is 1.87. The summed E-state index contributed by atoms with van der Waals surface area (Å²) in [4.78, 5) is 16.7. The third kappa shape index (κ3) is 2.52. The van der Waals surface area contributed by atoms with E-state index >= 15 is 0 Å². The van der Waals surface area contributed by atoms with Gasteiger partial charge in [0.15, 0.2) is 5.13 Å². The van der Waals surface area contributed by atoms with Gasteiger partial charge in [-0.2, -0.15) is 0 Å². The molecule has 0 aliphatic heterocycles. The first-order valence-corrected chi connectivity index (χ1v) is 5.39. The lowest BCUT2D eigenvalue weighted by molar-refractivity contribution is -0.117. The van der Waals surface area contributed by atoms with Gasteiger partial charge in [0.2, 0.25) is 5.91 Å². The molecule has 0 bridgehead atoms. The number of nitrogens with one attached hydrogen (secondary N) is 1. The van der Waals surface area contributed by atoms with E-state index in [-0.39, 0.29) is 5.91 Å². The maximum absolute atomic E-state index is 11.3. The highest BCUT2D eigenvalue weighted by Crippen LogP contribution is 2.22. The molecule has 1 rings (SSSR count). The first kappa shape index (κ1) is 11.1. The quantitative estimate of drug-likeness (QED) is 0.795. The van der Waals surface area contributed by atoms with E-state index in [1.54, 1.807) is 6.92 Å². The van der Waals surface area contributed by atoms with Crippen LogP contribution in [0, 0.1) is 6.92 Å². The molecule has 1 aromatic rings. The molecule has 0 aliphatic carbocycles. The highest BCUT2D eigenvalue weighted by Gasteiger charge is 2.11. The van der Waals surface area contributed by atoms with Gasteiger partial charge in [0.1, 0.15) is 0 Å². The van der Waals surface area contributed by atoms with Crippen LogP contribution in [-0.2, 0) is 11.2 Å². The molecule has 0 aromatic carbocycles. The van der Waals surface area contributed by atoms with Crippen molar-refractivity contribution in [1.29, 1.82) is 0 Å². The summed E-state index contributed by atoms with van der Waals surface area (Å²) in [6, 6.07) is -0.496. The largest absolute Gasteiger partial charge is 0.320 e. The Bertz CT molecular complexity index is 333. The number of anilines is 1. The topological polar surface area (TPSA) is 68.0 Å². The second kappa shape index (κ2) is 4.52. The van der Waals surface area contributed by atoms with E-state index in [0.717, 1.165) is 17.0 Å². The Kier molecular flexibility index (Phi) is 3.60. The Labute approximate surface area is 87.5 Å². The summed E-state index contributed by atoms with van der Waals surface area (Å²) >= 11 is 1.49. The van der Waals surface area contributed by atoms with Crippen LogP contribution in [0.3, 0.4) is 0 Å². The molecule has 1 unspecified atom stereocenters. The van der Waals surface area contributed by atoms with Gasteiger partial charge in [0.05, 0.1) is 11.7 Å². The van der Waals surface area contributed by atoms with Gasteiger partial charge < -0.3 is 11.1 Å². The van der Waals surface area contributed by atoms with E-state index in [2.05, 4.69) is 10.3 Å². The molecule has 3 N–H and O–H groups in total. The minimum atomic E-state index is -0.496. The van der Waals surface area contributed by atoms with Gasteiger partial charge in [0.25, 0.3) is 0 Å². The maximum Gasteiger partial charge on any atom is 0.242 e. The number of hydrogen-bond donors (Lipinski definition) is 2.